The third-order valence-corrected chi connectivity index (χ3v) is 10.0. The normalized spacial score (nSPS) is 12.8. The molecule has 0 amide bonds. The van der Waals surface area contributed by atoms with E-state index in [0.29, 0.717) is 25.7 Å². The highest BCUT2D eigenvalue weighted by atomic mass is 28.4. The van der Waals surface area contributed by atoms with Crippen molar-refractivity contribution in [2.45, 2.75) is 51.5 Å². The van der Waals surface area contributed by atoms with Crippen molar-refractivity contribution >= 4 is 25.0 Å². The Hall–Kier alpha value is -2.04. The monoisotopic (exact) mass is 398 g/mol. The van der Waals surface area contributed by atoms with E-state index >= 15 is 0 Å². The summed E-state index contributed by atoms with van der Waals surface area (Å²) in [6, 6.07) is 21.0. The van der Waals surface area contributed by atoms with Crippen LogP contribution in [-0.2, 0) is 9.22 Å². The standard InChI is InChI=1S/C24H31FO2Si/c1-24(2,3)28(22-15-6-4-7-16-22,23-17-8-5-9-18-23)27-20-11-10-13-21(25)14-12-19-26/h4-9,14-19H,10-13,20H2,1-3H3/b21-14-. The van der Waals surface area contributed by atoms with Crippen LogP contribution >= 0.6 is 0 Å². The molecule has 0 heterocycles. The molecule has 0 bridgehead atoms. The van der Waals surface area contributed by atoms with Gasteiger partial charge in [-0.2, -0.15) is 0 Å². The van der Waals surface area contributed by atoms with Gasteiger partial charge in [-0.1, -0.05) is 81.4 Å². The molecule has 0 spiro atoms. The summed E-state index contributed by atoms with van der Waals surface area (Å²) in [6.45, 7) is 7.34. The fourth-order valence-electron chi connectivity index (χ4n) is 3.66. The van der Waals surface area contributed by atoms with Crippen LogP contribution in [0, 0.1) is 0 Å². The van der Waals surface area contributed by atoms with Crippen LogP contribution in [0.4, 0.5) is 4.39 Å². The number of benzene rings is 2. The lowest BCUT2D eigenvalue weighted by Crippen LogP contribution is -2.66. The number of carbonyl (C=O) groups excluding carboxylic acids is 1. The first-order chi connectivity index (χ1) is 13.4. The van der Waals surface area contributed by atoms with Crippen molar-refractivity contribution < 1.29 is 13.6 Å². The number of hydrogen-bond acceptors (Lipinski definition) is 2. The van der Waals surface area contributed by atoms with Crippen LogP contribution in [0.15, 0.2) is 72.6 Å². The van der Waals surface area contributed by atoms with Gasteiger partial charge in [0.05, 0.1) is 5.83 Å². The molecular formula is C24H31FO2Si. The summed E-state index contributed by atoms with van der Waals surface area (Å²) in [4.78, 5) is 10.3. The molecule has 2 aromatic carbocycles. The number of carbonyl (C=O) groups is 1. The van der Waals surface area contributed by atoms with Gasteiger partial charge in [-0.3, -0.25) is 0 Å². The molecule has 0 aliphatic carbocycles. The van der Waals surface area contributed by atoms with Crippen LogP contribution in [0.5, 0.6) is 0 Å². The van der Waals surface area contributed by atoms with Crippen LogP contribution in [0.1, 0.15) is 46.5 Å². The maximum absolute atomic E-state index is 13.6. The van der Waals surface area contributed by atoms with Gasteiger partial charge in [0.2, 0.25) is 0 Å². The molecule has 0 N–H and O–H groups in total. The van der Waals surface area contributed by atoms with Crippen molar-refractivity contribution in [1.82, 2.24) is 0 Å². The van der Waals surface area contributed by atoms with E-state index in [1.165, 1.54) is 16.4 Å². The van der Waals surface area contributed by atoms with Gasteiger partial charge >= 0.3 is 0 Å². The van der Waals surface area contributed by atoms with E-state index in [9.17, 15) is 9.18 Å². The maximum Gasteiger partial charge on any atom is 0.261 e. The summed E-state index contributed by atoms with van der Waals surface area (Å²) >= 11 is 0. The number of halogens is 1. The molecular weight excluding hydrogens is 367 g/mol. The van der Waals surface area contributed by atoms with E-state index in [2.05, 4.69) is 69.3 Å². The average Bonchev–Trinajstić information content (AvgIpc) is 2.69. The van der Waals surface area contributed by atoms with E-state index in [0.717, 1.165) is 6.42 Å². The second-order valence-electron chi connectivity index (χ2n) is 8.02. The largest absolute Gasteiger partial charge is 0.407 e. The predicted molar refractivity (Wildman–Crippen MR) is 117 cm³/mol. The fraction of sp³-hybridized carbons (Fsp3) is 0.375. The predicted octanol–water partition coefficient (Wildman–Crippen LogP) is 5.18. The lowest BCUT2D eigenvalue weighted by molar-refractivity contribution is -0.107. The first kappa shape index (κ1) is 22.2. The lowest BCUT2D eigenvalue weighted by Gasteiger charge is -2.43. The third-order valence-electron chi connectivity index (χ3n) is 4.98. The second-order valence-corrected chi connectivity index (χ2v) is 12.3. The molecule has 0 aliphatic heterocycles. The van der Waals surface area contributed by atoms with E-state index in [-0.39, 0.29) is 17.3 Å². The van der Waals surface area contributed by atoms with E-state index in [1.807, 2.05) is 12.1 Å². The van der Waals surface area contributed by atoms with Gasteiger partial charge in [-0.25, -0.2) is 4.39 Å². The molecule has 4 heteroatoms. The van der Waals surface area contributed by atoms with Crippen LogP contribution in [0.25, 0.3) is 0 Å². The molecule has 0 saturated carbocycles. The minimum Gasteiger partial charge on any atom is -0.407 e. The molecule has 2 aromatic rings. The number of rotatable bonds is 10. The molecule has 0 aromatic heterocycles. The maximum atomic E-state index is 13.6. The number of hydrogen-bond donors (Lipinski definition) is 0. The van der Waals surface area contributed by atoms with E-state index < -0.39 is 8.32 Å². The zero-order valence-electron chi connectivity index (χ0n) is 17.2. The summed E-state index contributed by atoms with van der Waals surface area (Å²) in [7, 11) is -2.50. The van der Waals surface area contributed by atoms with Gasteiger partial charge in [0.1, 0.15) is 6.29 Å². The van der Waals surface area contributed by atoms with Gasteiger partial charge in [-0.15, -0.1) is 0 Å². The third kappa shape index (κ3) is 5.49. The zero-order valence-corrected chi connectivity index (χ0v) is 18.2. The van der Waals surface area contributed by atoms with Crippen molar-refractivity contribution in [3.63, 3.8) is 0 Å². The molecule has 0 radical (unpaired) electrons. The highest BCUT2D eigenvalue weighted by Crippen LogP contribution is 2.36. The Balaban J connectivity index is 2.21. The smallest absolute Gasteiger partial charge is 0.261 e. The SMILES string of the molecule is CC(C)(C)[Si](OCCCC/C(F)=C/CC=O)(c1ccccc1)c1ccccc1. The minimum absolute atomic E-state index is 0.0508. The molecule has 150 valence electrons. The zero-order chi connectivity index (χ0) is 20.5. The van der Waals surface area contributed by atoms with Crippen LogP contribution in [0.2, 0.25) is 5.04 Å². The van der Waals surface area contributed by atoms with Gasteiger partial charge in [0.25, 0.3) is 8.32 Å². The molecule has 0 fully saturated rings. The molecule has 0 unspecified atom stereocenters. The molecule has 2 rings (SSSR count). The summed E-state index contributed by atoms with van der Waals surface area (Å²) in [6.07, 6.45) is 4.07. The molecule has 0 atom stereocenters. The van der Waals surface area contributed by atoms with Crippen molar-refractivity contribution in [2.24, 2.45) is 0 Å². The molecule has 0 saturated heterocycles. The Labute approximate surface area is 169 Å². The van der Waals surface area contributed by atoms with Gasteiger partial charge in [-0.05, 0) is 40.8 Å². The molecule has 0 aliphatic rings. The first-order valence-corrected chi connectivity index (χ1v) is 11.9. The lowest BCUT2D eigenvalue weighted by atomic mass is 10.2. The van der Waals surface area contributed by atoms with Crippen molar-refractivity contribution in [3.05, 3.63) is 72.6 Å². The Bertz CT molecular complexity index is 712. The van der Waals surface area contributed by atoms with Gasteiger partial charge in [0, 0.05) is 13.0 Å². The Morgan fingerprint density at radius 2 is 1.50 bits per heavy atom. The van der Waals surface area contributed by atoms with Gasteiger partial charge < -0.3 is 9.22 Å². The summed E-state index contributed by atoms with van der Waals surface area (Å²) in [5, 5.41) is 2.46. The van der Waals surface area contributed by atoms with Crippen molar-refractivity contribution in [2.75, 3.05) is 6.61 Å². The van der Waals surface area contributed by atoms with Crippen LogP contribution < -0.4 is 10.4 Å². The first-order valence-electron chi connectivity index (χ1n) is 9.95. The summed E-state index contributed by atoms with van der Waals surface area (Å²) in [5.74, 6) is -0.211. The molecule has 28 heavy (non-hydrogen) atoms. The van der Waals surface area contributed by atoms with Gasteiger partial charge in [0.15, 0.2) is 0 Å². The summed E-state index contributed by atoms with van der Waals surface area (Å²) in [5.41, 5.74) is 0. The second kappa shape index (κ2) is 10.5. The number of unbranched alkanes of at least 4 members (excludes halogenated alkanes) is 1. The average molecular weight is 399 g/mol. The van der Waals surface area contributed by atoms with Crippen molar-refractivity contribution in [1.29, 1.82) is 0 Å². The highest BCUT2D eigenvalue weighted by molar-refractivity contribution is 6.99. The Morgan fingerprint density at radius 1 is 0.964 bits per heavy atom. The fourth-order valence-corrected chi connectivity index (χ4v) is 8.27. The highest BCUT2D eigenvalue weighted by Gasteiger charge is 2.49. The van der Waals surface area contributed by atoms with E-state index in [1.54, 1.807) is 0 Å². The Morgan fingerprint density at radius 3 is 1.96 bits per heavy atom. The van der Waals surface area contributed by atoms with Crippen LogP contribution in [-0.4, -0.2) is 21.2 Å². The van der Waals surface area contributed by atoms with Crippen molar-refractivity contribution in [3.8, 4) is 0 Å². The molecule has 2 nitrogen and oxygen atoms in total. The van der Waals surface area contributed by atoms with Crippen LogP contribution in [0.3, 0.4) is 0 Å². The number of allylic oxidation sites excluding steroid dienone is 2. The minimum atomic E-state index is -2.50. The van der Waals surface area contributed by atoms with E-state index in [4.69, 9.17) is 4.43 Å². The quantitative estimate of drug-likeness (QED) is 0.313. The summed E-state index contributed by atoms with van der Waals surface area (Å²) < 4.78 is 20.4. The topological polar surface area (TPSA) is 26.3 Å². The Kier molecular flexibility index (Phi) is 8.33. The number of aldehydes is 1.